The van der Waals surface area contributed by atoms with Gasteiger partial charge in [-0.2, -0.15) is 0 Å². The molecule has 0 saturated carbocycles. The lowest BCUT2D eigenvalue weighted by atomic mass is 10.2. The Morgan fingerprint density at radius 2 is 2.10 bits per heavy atom. The lowest BCUT2D eigenvalue weighted by molar-refractivity contribution is -0.286. The van der Waals surface area contributed by atoms with Crippen LogP contribution in [-0.2, 0) is 4.79 Å². The molecule has 1 N–H and O–H groups in total. The Hall–Kier alpha value is -1.93. The Morgan fingerprint density at radius 3 is 2.67 bits per heavy atom. The molecular formula is C13H11F2N2O3S+. The number of nitrogens with zero attached hydrogens (tertiary/aromatic N) is 1. The molecule has 0 radical (unpaired) electrons. The number of carbonyl (C=O) groups excluding carboxylic acids is 1. The number of nitrogens with one attached hydrogen (secondary N) is 1. The average Bonchev–Trinajstić information content (AvgIpc) is 2.83. The van der Waals surface area contributed by atoms with Crippen molar-refractivity contribution in [1.29, 1.82) is 5.41 Å². The average molecular weight is 313 g/mol. The summed E-state index contributed by atoms with van der Waals surface area (Å²) >= 11 is 1.11. The van der Waals surface area contributed by atoms with E-state index in [0.29, 0.717) is 0 Å². The number of halogens is 2. The molecule has 8 heteroatoms. The van der Waals surface area contributed by atoms with Gasteiger partial charge in [0.25, 0.3) is 5.17 Å². The predicted molar refractivity (Wildman–Crippen MR) is 74.2 cm³/mol. The fourth-order valence-electron chi connectivity index (χ4n) is 2.40. The molecule has 3 rings (SSSR count). The van der Waals surface area contributed by atoms with Crippen molar-refractivity contribution in [3.63, 3.8) is 0 Å². The summed E-state index contributed by atoms with van der Waals surface area (Å²) in [5.74, 6) is -0.752. The van der Waals surface area contributed by atoms with Gasteiger partial charge in [-0.15, -0.1) is 13.3 Å². The van der Waals surface area contributed by atoms with Crippen LogP contribution in [0, 0.1) is 5.41 Å². The molecule has 1 atom stereocenters. The number of amides is 1. The summed E-state index contributed by atoms with van der Waals surface area (Å²) < 4.78 is 34.9. The van der Waals surface area contributed by atoms with Gasteiger partial charge in [-0.3, -0.25) is 0 Å². The SMILES string of the molecule is CC(=O)[N+]1(c2cccc3c2OC(F)(F)O3)C=C(C)SC1=N. The van der Waals surface area contributed by atoms with Crippen molar-refractivity contribution >= 4 is 28.5 Å². The van der Waals surface area contributed by atoms with E-state index in [1.54, 1.807) is 13.1 Å². The fraction of sp³-hybridized carbons (Fsp3) is 0.231. The summed E-state index contributed by atoms with van der Waals surface area (Å²) in [5.41, 5.74) is 0.145. The Kier molecular flexibility index (Phi) is 2.86. The molecule has 1 unspecified atom stereocenters. The molecule has 2 aliphatic rings. The van der Waals surface area contributed by atoms with E-state index < -0.39 is 16.7 Å². The van der Waals surface area contributed by atoms with Crippen LogP contribution < -0.4 is 14.0 Å². The highest BCUT2D eigenvalue weighted by Gasteiger charge is 2.53. The van der Waals surface area contributed by atoms with Crippen molar-refractivity contribution in [3.8, 4) is 11.5 Å². The lowest BCUT2D eigenvalue weighted by Gasteiger charge is -2.25. The number of benzene rings is 1. The zero-order chi connectivity index (χ0) is 15.4. The highest BCUT2D eigenvalue weighted by Crippen LogP contribution is 2.52. The first-order valence-electron chi connectivity index (χ1n) is 6.02. The van der Waals surface area contributed by atoms with Crippen molar-refractivity contribution in [1.82, 2.24) is 4.48 Å². The highest BCUT2D eigenvalue weighted by atomic mass is 32.2. The molecule has 21 heavy (non-hydrogen) atoms. The summed E-state index contributed by atoms with van der Waals surface area (Å²) in [7, 11) is 0. The third-order valence-corrected chi connectivity index (χ3v) is 4.15. The van der Waals surface area contributed by atoms with E-state index >= 15 is 0 Å². The van der Waals surface area contributed by atoms with E-state index in [1.807, 2.05) is 0 Å². The Bertz CT molecular complexity index is 705. The number of hydrogen-bond acceptors (Lipinski definition) is 5. The topological polar surface area (TPSA) is 59.4 Å². The largest absolute Gasteiger partial charge is 0.586 e. The summed E-state index contributed by atoms with van der Waals surface area (Å²) in [6.45, 7) is 3.05. The van der Waals surface area contributed by atoms with Crippen molar-refractivity contribution in [3.05, 3.63) is 29.3 Å². The zero-order valence-corrected chi connectivity index (χ0v) is 12.0. The van der Waals surface area contributed by atoms with Crippen LogP contribution in [0.2, 0.25) is 0 Å². The quantitative estimate of drug-likeness (QED) is 0.807. The fourth-order valence-corrected chi connectivity index (χ4v) is 3.34. The van der Waals surface area contributed by atoms with Crippen molar-refractivity contribution in [2.45, 2.75) is 20.1 Å². The molecular weight excluding hydrogens is 302 g/mol. The minimum atomic E-state index is -3.77. The molecule has 0 fully saturated rings. The molecule has 1 amide bonds. The van der Waals surface area contributed by atoms with Crippen LogP contribution in [0.25, 0.3) is 0 Å². The van der Waals surface area contributed by atoms with Crippen LogP contribution >= 0.6 is 11.8 Å². The molecule has 2 heterocycles. The summed E-state index contributed by atoms with van der Waals surface area (Å²) in [4.78, 5) is 12.9. The number of quaternary nitrogens is 1. The van der Waals surface area contributed by atoms with Crippen LogP contribution in [0.1, 0.15) is 13.8 Å². The number of thioether (sulfide) groups is 1. The Labute approximate surface area is 123 Å². The maximum atomic E-state index is 13.3. The van der Waals surface area contributed by atoms with Crippen molar-refractivity contribution in [2.75, 3.05) is 0 Å². The van der Waals surface area contributed by atoms with E-state index in [2.05, 4.69) is 9.47 Å². The number of carbonyl (C=O) groups is 1. The van der Waals surface area contributed by atoms with Crippen molar-refractivity contribution < 1.29 is 23.0 Å². The van der Waals surface area contributed by atoms with E-state index in [9.17, 15) is 13.6 Å². The monoisotopic (exact) mass is 313 g/mol. The van der Waals surface area contributed by atoms with Crippen LogP contribution in [0.4, 0.5) is 14.5 Å². The summed E-state index contributed by atoms with van der Waals surface area (Å²) in [5, 5.41) is 8.10. The van der Waals surface area contributed by atoms with E-state index in [1.165, 1.54) is 25.1 Å². The number of rotatable bonds is 1. The molecule has 0 aliphatic carbocycles. The standard InChI is InChI=1S/C13H11F2N2O3S/c1-7-6-17(8(2)18,12(16)21-7)9-4-3-5-10-11(9)20-13(14,15)19-10/h3-6,16H,1-2H3/q+1. The number of hydrogen-bond donors (Lipinski definition) is 1. The van der Waals surface area contributed by atoms with E-state index in [0.717, 1.165) is 16.7 Å². The second-order valence-electron chi connectivity index (χ2n) is 4.66. The van der Waals surface area contributed by atoms with Gasteiger partial charge in [0.05, 0.1) is 6.92 Å². The first kappa shape index (κ1) is 14.0. The number of para-hydroxylation sites is 1. The first-order chi connectivity index (χ1) is 9.76. The third-order valence-electron chi connectivity index (χ3n) is 3.24. The number of ether oxygens (including phenoxy) is 2. The number of allylic oxidation sites excluding steroid dienone is 1. The van der Waals surface area contributed by atoms with Crippen LogP contribution in [0.15, 0.2) is 29.3 Å². The van der Waals surface area contributed by atoms with Crippen LogP contribution in [0.5, 0.6) is 11.5 Å². The Morgan fingerprint density at radius 1 is 1.38 bits per heavy atom. The van der Waals surface area contributed by atoms with Crippen LogP contribution in [0.3, 0.4) is 0 Å². The Balaban J connectivity index is 2.24. The lowest BCUT2D eigenvalue weighted by Crippen LogP contribution is -2.49. The second-order valence-corrected chi connectivity index (χ2v) is 5.90. The van der Waals surface area contributed by atoms with Gasteiger partial charge in [-0.05, 0) is 24.8 Å². The predicted octanol–water partition coefficient (Wildman–Crippen LogP) is 3.40. The molecule has 0 saturated heterocycles. The smallest absolute Gasteiger partial charge is 0.395 e. The second kappa shape index (κ2) is 4.28. The molecule has 5 nitrogen and oxygen atoms in total. The minimum absolute atomic E-state index is 0.00668. The highest BCUT2D eigenvalue weighted by molar-refractivity contribution is 8.17. The molecule has 0 spiro atoms. The van der Waals surface area contributed by atoms with Gasteiger partial charge in [0.15, 0.2) is 11.4 Å². The van der Waals surface area contributed by atoms with Crippen molar-refractivity contribution in [2.24, 2.45) is 0 Å². The first-order valence-corrected chi connectivity index (χ1v) is 6.84. The zero-order valence-electron chi connectivity index (χ0n) is 11.1. The normalized spacial score (nSPS) is 25.9. The minimum Gasteiger partial charge on any atom is -0.395 e. The molecule has 1 aromatic rings. The van der Waals surface area contributed by atoms with Gasteiger partial charge in [-0.25, -0.2) is 10.2 Å². The third kappa shape index (κ3) is 1.94. The van der Waals surface area contributed by atoms with Gasteiger partial charge >= 0.3 is 12.2 Å². The number of amidine groups is 1. The molecule has 0 bridgehead atoms. The summed E-state index contributed by atoms with van der Waals surface area (Å²) in [6, 6.07) is 4.30. The molecule has 110 valence electrons. The van der Waals surface area contributed by atoms with Gasteiger partial charge in [0, 0.05) is 11.0 Å². The van der Waals surface area contributed by atoms with Gasteiger partial charge < -0.3 is 9.47 Å². The van der Waals surface area contributed by atoms with E-state index in [4.69, 9.17) is 5.41 Å². The maximum absolute atomic E-state index is 13.3. The molecule has 2 aliphatic heterocycles. The maximum Gasteiger partial charge on any atom is 0.586 e. The van der Waals surface area contributed by atoms with Gasteiger partial charge in [0.1, 0.15) is 6.20 Å². The summed E-state index contributed by atoms with van der Waals surface area (Å²) in [6.07, 6.45) is -2.22. The van der Waals surface area contributed by atoms with Gasteiger partial charge in [-0.1, -0.05) is 6.07 Å². The number of alkyl halides is 2. The molecule has 1 aromatic carbocycles. The van der Waals surface area contributed by atoms with E-state index in [-0.39, 0.29) is 22.4 Å². The van der Waals surface area contributed by atoms with Crippen LogP contribution in [-0.4, -0.2) is 17.4 Å². The molecule has 0 aromatic heterocycles. The number of fused-ring (bicyclic) bond motifs is 1. The van der Waals surface area contributed by atoms with Gasteiger partial charge in [0.2, 0.25) is 5.75 Å².